The van der Waals surface area contributed by atoms with Gasteiger partial charge in [-0.05, 0) is 0 Å². The van der Waals surface area contributed by atoms with Crippen LogP contribution < -0.4 is 3.71 Å². The van der Waals surface area contributed by atoms with Crippen LogP contribution in [0.3, 0.4) is 0 Å². The molecule has 0 fully saturated rings. The molecular weight excluding hydrogens is 413 g/mol. The number of ether oxygens (including phenoxy) is 2. The SMILES string of the molecule is COC(=O)c1ccc2c[c]([Sn]([CH3])([CH3])[CH3])n(C(=O)OC(C)(C)C)c2c1. The van der Waals surface area contributed by atoms with Crippen molar-refractivity contribution in [1.82, 2.24) is 4.57 Å². The average Bonchev–Trinajstić information content (AvgIpc) is 2.83. The first kappa shape index (κ1) is 18.8. The van der Waals surface area contributed by atoms with Gasteiger partial charge in [0.05, 0.1) is 0 Å². The molecule has 1 heterocycles. The summed E-state index contributed by atoms with van der Waals surface area (Å²) in [7, 11) is 1.34. The Morgan fingerprint density at radius 3 is 2.21 bits per heavy atom. The number of methoxy groups -OCH3 is 1. The van der Waals surface area contributed by atoms with Crippen LogP contribution in [0.5, 0.6) is 0 Å². The third-order valence-corrected chi connectivity index (χ3v) is 9.01. The number of nitrogens with zero attached hydrogens (tertiary/aromatic N) is 1. The van der Waals surface area contributed by atoms with Crippen molar-refractivity contribution < 1.29 is 19.1 Å². The van der Waals surface area contributed by atoms with Crippen molar-refractivity contribution in [3.05, 3.63) is 29.8 Å². The minimum absolute atomic E-state index is 0.402. The first-order chi connectivity index (χ1) is 10.9. The Kier molecular flexibility index (Phi) is 5.04. The fourth-order valence-corrected chi connectivity index (χ4v) is 6.70. The molecule has 0 bridgehead atoms. The molecule has 1 aromatic heterocycles. The number of carbonyl (C=O) groups is 2. The first-order valence-corrected chi connectivity index (χ1v) is 17.9. The third-order valence-electron chi connectivity index (χ3n) is 3.57. The predicted octanol–water partition coefficient (Wildman–Crippen LogP) is 3.76. The van der Waals surface area contributed by atoms with Crippen LogP contribution in [0.1, 0.15) is 31.1 Å². The van der Waals surface area contributed by atoms with E-state index in [4.69, 9.17) is 9.47 Å². The van der Waals surface area contributed by atoms with E-state index in [9.17, 15) is 9.59 Å². The molecule has 6 heteroatoms. The van der Waals surface area contributed by atoms with Crippen molar-refractivity contribution in [2.24, 2.45) is 0 Å². The van der Waals surface area contributed by atoms with Crippen molar-refractivity contribution in [3.63, 3.8) is 0 Å². The zero-order chi connectivity index (χ0) is 18.3. The summed E-state index contributed by atoms with van der Waals surface area (Å²) in [6.07, 6.45) is -0.402. The van der Waals surface area contributed by atoms with E-state index in [1.54, 1.807) is 16.7 Å². The van der Waals surface area contributed by atoms with Crippen LogP contribution in [0.2, 0.25) is 14.8 Å². The summed E-state index contributed by atoms with van der Waals surface area (Å²) in [6, 6.07) is 7.32. The topological polar surface area (TPSA) is 57.5 Å². The van der Waals surface area contributed by atoms with Crippen LogP contribution in [0.15, 0.2) is 24.3 Å². The zero-order valence-corrected chi connectivity index (χ0v) is 18.2. The van der Waals surface area contributed by atoms with Crippen LogP contribution in [-0.2, 0) is 9.47 Å². The van der Waals surface area contributed by atoms with Crippen LogP contribution in [0, 0.1) is 0 Å². The fourth-order valence-electron chi connectivity index (χ4n) is 2.50. The molecule has 0 radical (unpaired) electrons. The Morgan fingerprint density at radius 2 is 1.71 bits per heavy atom. The van der Waals surface area contributed by atoms with E-state index in [1.165, 1.54) is 7.11 Å². The molecule has 0 spiro atoms. The molecule has 0 atom stereocenters. The molecular formula is C18H25NO4Sn. The van der Waals surface area contributed by atoms with E-state index in [0.717, 1.165) is 9.10 Å². The van der Waals surface area contributed by atoms with Gasteiger partial charge < -0.3 is 0 Å². The van der Waals surface area contributed by atoms with Gasteiger partial charge in [0.25, 0.3) is 0 Å². The minimum atomic E-state index is -2.60. The van der Waals surface area contributed by atoms with E-state index >= 15 is 0 Å². The third kappa shape index (κ3) is 3.94. The van der Waals surface area contributed by atoms with E-state index in [2.05, 4.69) is 20.9 Å². The van der Waals surface area contributed by atoms with Gasteiger partial charge in [0.1, 0.15) is 0 Å². The van der Waals surface area contributed by atoms with Gasteiger partial charge >= 0.3 is 147 Å². The molecule has 1 aromatic carbocycles. The molecule has 2 rings (SSSR count). The number of rotatable bonds is 2. The Hall–Kier alpha value is -1.50. The molecule has 0 aliphatic heterocycles. The van der Waals surface area contributed by atoms with Crippen molar-refractivity contribution in [1.29, 1.82) is 0 Å². The van der Waals surface area contributed by atoms with Crippen LogP contribution >= 0.6 is 0 Å². The van der Waals surface area contributed by atoms with Gasteiger partial charge in [0.15, 0.2) is 0 Å². The average molecular weight is 438 g/mol. The summed E-state index contributed by atoms with van der Waals surface area (Å²) in [5.41, 5.74) is 0.524. The molecule has 0 saturated carbocycles. The Bertz CT molecular complexity index is 794. The molecule has 0 amide bonds. The predicted molar refractivity (Wildman–Crippen MR) is 97.9 cm³/mol. The maximum atomic E-state index is 12.8. The molecule has 0 N–H and O–H groups in total. The Balaban J connectivity index is 2.71. The second-order valence-electron chi connectivity index (χ2n) is 7.86. The summed E-state index contributed by atoms with van der Waals surface area (Å²) in [4.78, 5) is 31.4. The van der Waals surface area contributed by atoms with Crippen LogP contribution in [-0.4, -0.2) is 47.7 Å². The second kappa shape index (κ2) is 6.42. The van der Waals surface area contributed by atoms with Crippen LogP contribution in [0.25, 0.3) is 10.9 Å². The summed E-state index contributed by atoms with van der Waals surface area (Å²) in [5, 5.41) is 0.926. The van der Waals surface area contributed by atoms with Gasteiger partial charge in [0.2, 0.25) is 0 Å². The van der Waals surface area contributed by atoms with Gasteiger partial charge in [-0.2, -0.15) is 0 Å². The molecule has 24 heavy (non-hydrogen) atoms. The molecule has 0 aliphatic carbocycles. The molecule has 0 saturated heterocycles. The van der Waals surface area contributed by atoms with Gasteiger partial charge in [-0.1, -0.05) is 0 Å². The normalized spacial score (nSPS) is 12.3. The monoisotopic (exact) mass is 439 g/mol. The van der Waals surface area contributed by atoms with Gasteiger partial charge in [0, 0.05) is 0 Å². The maximum absolute atomic E-state index is 12.8. The van der Waals surface area contributed by atoms with Gasteiger partial charge in [-0.3, -0.25) is 0 Å². The number of hydrogen-bond donors (Lipinski definition) is 0. The molecule has 5 nitrogen and oxygen atoms in total. The number of fused-ring (bicyclic) bond motifs is 1. The first-order valence-electron chi connectivity index (χ1n) is 7.92. The second-order valence-corrected chi connectivity index (χ2v) is 22.2. The van der Waals surface area contributed by atoms with Crippen molar-refractivity contribution in [3.8, 4) is 0 Å². The van der Waals surface area contributed by atoms with E-state index < -0.39 is 36.0 Å². The van der Waals surface area contributed by atoms with Crippen molar-refractivity contribution in [2.75, 3.05) is 7.11 Å². The number of hydrogen-bond acceptors (Lipinski definition) is 4. The van der Waals surface area contributed by atoms with Gasteiger partial charge in [-0.15, -0.1) is 0 Å². The number of aromatic nitrogens is 1. The quantitative estimate of drug-likeness (QED) is 0.530. The van der Waals surface area contributed by atoms with Crippen molar-refractivity contribution >= 4 is 45.1 Å². The summed E-state index contributed by atoms with van der Waals surface area (Å²) in [5.74, 6) is -0.422. The molecule has 0 unspecified atom stereocenters. The van der Waals surface area contributed by atoms with E-state index in [0.29, 0.717) is 11.1 Å². The van der Waals surface area contributed by atoms with Crippen LogP contribution in [0.4, 0.5) is 4.79 Å². The standard InChI is InChI=1S/C15H16NO4.3CH3.Sn/c1-15(2,3)20-14(18)16-8-7-10-5-6-11(9-12(10)16)13(17)19-4;;;;/h5-7,9H,1-4H3;3*1H3;. The summed E-state index contributed by atoms with van der Waals surface area (Å²) in [6.45, 7) is 5.53. The summed E-state index contributed by atoms with van der Waals surface area (Å²) < 4.78 is 13.1. The number of benzene rings is 1. The van der Waals surface area contributed by atoms with E-state index in [-0.39, 0.29) is 0 Å². The fraction of sp³-hybridized carbons (Fsp3) is 0.444. The molecule has 130 valence electrons. The van der Waals surface area contributed by atoms with Gasteiger partial charge in [-0.25, -0.2) is 0 Å². The molecule has 0 aliphatic rings. The van der Waals surface area contributed by atoms with E-state index in [1.807, 2.05) is 26.8 Å². The Morgan fingerprint density at radius 1 is 1.08 bits per heavy atom. The van der Waals surface area contributed by atoms with Crippen molar-refractivity contribution in [2.45, 2.75) is 41.2 Å². The number of esters is 1. The summed E-state index contributed by atoms with van der Waals surface area (Å²) >= 11 is -2.60. The molecule has 2 aromatic rings. The Labute approximate surface area is 146 Å². The zero-order valence-electron chi connectivity index (χ0n) is 15.4. The number of carbonyl (C=O) groups excluding carboxylic acids is 2.